The zero-order chi connectivity index (χ0) is 23.8. The van der Waals surface area contributed by atoms with Crippen molar-refractivity contribution in [3.05, 3.63) is 0 Å². The van der Waals surface area contributed by atoms with Crippen LogP contribution in [0.1, 0.15) is 104 Å². The predicted octanol–water partition coefficient (Wildman–Crippen LogP) is 7.13. The Morgan fingerprint density at radius 2 is 1.55 bits per heavy atom. The normalized spacial score (nSPS) is 48.4. The van der Waals surface area contributed by atoms with Crippen LogP contribution in [0, 0.1) is 52.3 Å². The second-order valence-electron chi connectivity index (χ2n) is 13.5. The Morgan fingerprint density at radius 1 is 0.879 bits per heavy atom. The quantitative estimate of drug-likeness (QED) is 0.449. The van der Waals surface area contributed by atoms with Gasteiger partial charge in [0.1, 0.15) is 0 Å². The molecule has 190 valence electrons. The van der Waals surface area contributed by atoms with Gasteiger partial charge in [-0.15, -0.1) is 0 Å². The van der Waals surface area contributed by atoms with Crippen LogP contribution in [0.25, 0.3) is 0 Å². The Balaban J connectivity index is 1.28. The van der Waals surface area contributed by atoms with Crippen molar-refractivity contribution in [2.75, 3.05) is 0 Å². The first-order chi connectivity index (χ1) is 15.4. The molecule has 5 fully saturated rings. The Labute approximate surface area is 198 Å². The molecule has 0 heterocycles. The fourth-order valence-electron chi connectivity index (χ4n) is 10.00. The van der Waals surface area contributed by atoms with Gasteiger partial charge < -0.3 is 10.2 Å². The number of halogens is 3. The van der Waals surface area contributed by atoms with Gasteiger partial charge in [-0.2, -0.15) is 13.2 Å². The van der Waals surface area contributed by atoms with Gasteiger partial charge in [0.2, 0.25) is 0 Å². The van der Waals surface area contributed by atoms with Crippen LogP contribution in [0.3, 0.4) is 0 Å². The van der Waals surface area contributed by atoms with Crippen LogP contribution in [0.2, 0.25) is 0 Å². The molecule has 0 radical (unpaired) electrons. The standard InChI is InChI=1S/C28H45F3O2/c1-17(10-15-27(33,18-4-5-18)28(29,30)31)22-8-9-23-21-7-6-19-16-20(32)11-13-25(19,2)24(21)12-14-26(22,23)3/h17-24,32-33H,4-16H2,1-3H3/t17-,19+,20+,21+,22-,23+,24+,25+,26-,27-/m1/s1. The van der Waals surface area contributed by atoms with Gasteiger partial charge in [0, 0.05) is 0 Å². The molecule has 0 spiro atoms. The van der Waals surface area contributed by atoms with E-state index in [2.05, 4.69) is 20.8 Å². The van der Waals surface area contributed by atoms with Gasteiger partial charge in [-0.05, 0) is 136 Å². The second kappa shape index (κ2) is 8.11. The highest BCUT2D eigenvalue weighted by atomic mass is 19.4. The molecule has 2 N–H and O–H groups in total. The maximum Gasteiger partial charge on any atom is 0.417 e. The average molecular weight is 471 g/mol. The zero-order valence-corrected chi connectivity index (χ0v) is 20.8. The van der Waals surface area contributed by atoms with Crippen molar-refractivity contribution in [3.8, 4) is 0 Å². The van der Waals surface area contributed by atoms with E-state index in [9.17, 15) is 23.4 Å². The highest BCUT2D eigenvalue weighted by molar-refractivity contribution is 5.10. The molecule has 0 bridgehead atoms. The number of aliphatic hydroxyl groups excluding tert-OH is 1. The Kier molecular flexibility index (Phi) is 6.00. The summed E-state index contributed by atoms with van der Waals surface area (Å²) in [5.74, 6) is 2.96. The largest absolute Gasteiger partial charge is 0.417 e. The van der Waals surface area contributed by atoms with E-state index in [1.165, 1.54) is 32.1 Å². The van der Waals surface area contributed by atoms with Gasteiger partial charge >= 0.3 is 6.18 Å². The molecule has 5 aliphatic rings. The number of aliphatic hydroxyl groups is 2. The fraction of sp³-hybridized carbons (Fsp3) is 1.00. The van der Waals surface area contributed by atoms with E-state index in [1.54, 1.807) is 0 Å². The molecule has 33 heavy (non-hydrogen) atoms. The molecule has 0 aromatic carbocycles. The van der Waals surface area contributed by atoms with Gasteiger partial charge in [-0.1, -0.05) is 20.8 Å². The third kappa shape index (κ3) is 3.81. The average Bonchev–Trinajstić information content (AvgIpc) is 3.53. The molecule has 0 aromatic rings. The Morgan fingerprint density at radius 3 is 2.21 bits per heavy atom. The SMILES string of the molecule is C[C@H](CC[C@@](O)(C1CC1)C(F)(F)F)[C@H]1CC[C@H]2[C@@H]3CC[C@H]4C[C@@H](O)CC[C@]4(C)[C@H]3CC[C@]12C. The molecule has 0 aromatic heterocycles. The maximum absolute atomic E-state index is 13.7. The molecule has 0 aliphatic heterocycles. The molecule has 5 aliphatic carbocycles. The molecular weight excluding hydrogens is 425 g/mol. The van der Waals surface area contributed by atoms with E-state index >= 15 is 0 Å². The molecular formula is C28H45F3O2. The summed E-state index contributed by atoms with van der Waals surface area (Å²) >= 11 is 0. The summed E-state index contributed by atoms with van der Waals surface area (Å²) in [5, 5.41) is 20.8. The highest BCUT2D eigenvalue weighted by Gasteiger charge is 2.63. The zero-order valence-electron chi connectivity index (χ0n) is 20.8. The first-order valence-electron chi connectivity index (χ1n) is 13.9. The molecule has 5 rings (SSSR count). The lowest BCUT2D eigenvalue weighted by Crippen LogP contribution is -2.54. The number of alkyl halides is 3. The molecule has 0 unspecified atom stereocenters. The lowest BCUT2D eigenvalue weighted by molar-refractivity contribution is -0.272. The summed E-state index contributed by atoms with van der Waals surface area (Å²) in [5.41, 5.74) is -1.88. The van der Waals surface area contributed by atoms with Crippen molar-refractivity contribution in [3.63, 3.8) is 0 Å². The molecule has 2 nitrogen and oxygen atoms in total. The molecule has 10 atom stereocenters. The summed E-state index contributed by atoms with van der Waals surface area (Å²) in [6.07, 6.45) is 7.12. The first-order valence-corrected chi connectivity index (χ1v) is 13.9. The van der Waals surface area contributed by atoms with Crippen LogP contribution in [-0.4, -0.2) is 28.1 Å². The third-order valence-electron chi connectivity index (χ3n) is 12.1. The van der Waals surface area contributed by atoms with Crippen molar-refractivity contribution in [2.45, 2.75) is 122 Å². The number of hydrogen-bond acceptors (Lipinski definition) is 2. The van der Waals surface area contributed by atoms with Crippen LogP contribution in [0.15, 0.2) is 0 Å². The van der Waals surface area contributed by atoms with Crippen molar-refractivity contribution >= 4 is 0 Å². The monoisotopic (exact) mass is 470 g/mol. The molecule has 5 saturated carbocycles. The molecule has 0 amide bonds. The van der Waals surface area contributed by atoms with Crippen molar-refractivity contribution in [1.82, 2.24) is 0 Å². The van der Waals surface area contributed by atoms with E-state index in [1.807, 2.05) is 0 Å². The lowest BCUT2D eigenvalue weighted by Gasteiger charge is -2.61. The van der Waals surface area contributed by atoms with Gasteiger partial charge in [-0.25, -0.2) is 0 Å². The van der Waals surface area contributed by atoms with Crippen LogP contribution >= 0.6 is 0 Å². The summed E-state index contributed by atoms with van der Waals surface area (Å²) in [7, 11) is 0. The third-order valence-corrected chi connectivity index (χ3v) is 12.1. The van der Waals surface area contributed by atoms with Crippen molar-refractivity contribution in [2.24, 2.45) is 52.3 Å². The fourth-order valence-corrected chi connectivity index (χ4v) is 10.00. The summed E-state index contributed by atoms with van der Waals surface area (Å²) in [6.45, 7) is 7.13. The van der Waals surface area contributed by atoms with Crippen LogP contribution in [0.5, 0.6) is 0 Å². The Bertz CT molecular complexity index is 735. The van der Waals surface area contributed by atoms with E-state index in [0.717, 1.165) is 37.5 Å². The number of hydrogen-bond donors (Lipinski definition) is 2. The van der Waals surface area contributed by atoms with E-state index < -0.39 is 17.7 Å². The van der Waals surface area contributed by atoms with Gasteiger partial charge in [0.15, 0.2) is 5.60 Å². The molecule has 5 heteroatoms. The minimum absolute atomic E-state index is 0.115. The maximum atomic E-state index is 13.7. The highest BCUT2D eigenvalue weighted by Crippen LogP contribution is 2.68. The van der Waals surface area contributed by atoms with E-state index in [0.29, 0.717) is 42.4 Å². The molecule has 0 saturated heterocycles. The van der Waals surface area contributed by atoms with Gasteiger partial charge in [0.25, 0.3) is 0 Å². The lowest BCUT2D eigenvalue weighted by atomic mass is 9.44. The number of fused-ring (bicyclic) bond motifs is 5. The second-order valence-corrected chi connectivity index (χ2v) is 13.5. The summed E-state index contributed by atoms with van der Waals surface area (Å²) in [6, 6.07) is 0. The van der Waals surface area contributed by atoms with Crippen molar-refractivity contribution in [1.29, 1.82) is 0 Å². The van der Waals surface area contributed by atoms with Crippen molar-refractivity contribution < 1.29 is 23.4 Å². The minimum atomic E-state index is -4.52. The van der Waals surface area contributed by atoms with E-state index in [4.69, 9.17) is 0 Å². The van der Waals surface area contributed by atoms with Gasteiger partial charge in [-0.3, -0.25) is 0 Å². The predicted molar refractivity (Wildman–Crippen MR) is 123 cm³/mol. The van der Waals surface area contributed by atoms with Gasteiger partial charge in [0.05, 0.1) is 6.10 Å². The summed E-state index contributed by atoms with van der Waals surface area (Å²) in [4.78, 5) is 0. The Hall–Kier alpha value is -0.290. The topological polar surface area (TPSA) is 40.5 Å². The summed E-state index contributed by atoms with van der Waals surface area (Å²) < 4.78 is 41.0. The smallest absolute Gasteiger partial charge is 0.393 e. The van der Waals surface area contributed by atoms with E-state index in [-0.39, 0.29) is 23.9 Å². The number of rotatable bonds is 5. The first kappa shape index (κ1) is 24.4. The van der Waals surface area contributed by atoms with Crippen LogP contribution < -0.4 is 0 Å². The van der Waals surface area contributed by atoms with Crippen LogP contribution in [0.4, 0.5) is 13.2 Å². The van der Waals surface area contributed by atoms with Crippen LogP contribution in [-0.2, 0) is 0 Å². The minimum Gasteiger partial charge on any atom is -0.393 e.